The molecule has 0 saturated carbocycles. The molecule has 3 aromatic rings. The fraction of sp³-hybridized carbons (Fsp3) is 0.360. The first kappa shape index (κ1) is 20.2. The summed E-state index contributed by atoms with van der Waals surface area (Å²) in [5, 5.41) is 6.07. The highest BCUT2D eigenvalue weighted by atomic mass is 16.5. The summed E-state index contributed by atoms with van der Waals surface area (Å²) in [6.07, 6.45) is 1.39. The van der Waals surface area contributed by atoms with Crippen molar-refractivity contribution in [3.63, 3.8) is 0 Å². The molecule has 0 saturated heterocycles. The molecule has 0 amide bonds. The third-order valence-electron chi connectivity index (χ3n) is 4.83. The van der Waals surface area contributed by atoms with Crippen LogP contribution >= 0.6 is 0 Å². The Balaban J connectivity index is 1.72. The van der Waals surface area contributed by atoms with Crippen LogP contribution in [0.3, 0.4) is 0 Å². The summed E-state index contributed by atoms with van der Waals surface area (Å²) >= 11 is 0. The van der Waals surface area contributed by atoms with Crippen LogP contribution in [0.5, 0.6) is 11.5 Å². The summed E-state index contributed by atoms with van der Waals surface area (Å²) in [4.78, 5) is 0. The van der Waals surface area contributed by atoms with Gasteiger partial charge in [0.15, 0.2) is 0 Å². The standard InChI is InChI=1S/C25H31NO2/c1-5-19(4)28-25-15-12-21-8-6-7-9-23(21)24(25)17-26-16-20-10-13-22(14-11-20)27-18(2)3/h6-15,18-19,26H,5,16-17H2,1-4H3. The summed E-state index contributed by atoms with van der Waals surface area (Å²) in [5.41, 5.74) is 2.46. The zero-order chi connectivity index (χ0) is 19.9. The van der Waals surface area contributed by atoms with Crippen molar-refractivity contribution in [2.24, 2.45) is 0 Å². The number of rotatable bonds is 9. The number of hydrogen-bond acceptors (Lipinski definition) is 3. The Kier molecular flexibility index (Phi) is 6.94. The minimum atomic E-state index is 0.194. The Labute approximate surface area is 168 Å². The Morgan fingerprint density at radius 1 is 0.821 bits per heavy atom. The molecule has 148 valence electrons. The molecule has 0 spiro atoms. The SMILES string of the molecule is CCC(C)Oc1ccc2ccccc2c1CNCc1ccc(OC(C)C)cc1. The van der Waals surface area contributed by atoms with Gasteiger partial charge in [-0.3, -0.25) is 0 Å². The highest BCUT2D eigenvalue weighted by molar-refractivity contribution is 5.87. The predicted molar refractivity (Wildman–Crippen MR) is 117 cm³/mol. The van der Waals surface area contributed by atoms with Crippen molar-refractivity contribution in [2.45, 2.75) is 59.4 Å². The van der Waals surface area contributed by atoms with Crippen LogP contribution < -0.4 is 14.8 Å². The van der Waals surface area contributed by atoms with E-state index in [0.717, 1.165) is 31.0 Å². The summed E-state index contributed by atoms with van der Waals surface area (Å²) in [6.45, 7) is 9.91. The van der Waals surface area contributed by atoms with Gasteiger partial charge in [-0.2, -0.15) is 0 Å². The van der Waals surface area contributed by atoms with Gasteiger partial charge in [-0.15, -0.1) is 0 Å². The van der Waals surface area contributed by atoms with Gasteiger partial charge in [0.1, 0.15) is 11.5 Å². The molecule has 0 aliphatic carbocycles. The molecule has 3 nitrogen and oxygen atoms in total. The van der Waals surface area contributed by atoms with Crippen molar-refractivity contribution < 1.29 is 9.47 Å². The number of hydrogen-bond donors (Lipinski definition) is 1. The van der Waals surface area contributed by atoms with Gasteiger partial charge in [0.25, 0.3) is 0 Å². The molecule has 0 aliphatic rings. The van der Waals surface area contributed by atoms with Gasteiger partial charge < -0.3 is 14.8 Å². The van der Waals surface area contributed by atoms with E-state index >= 15 is 0 Å². The molecule has 0 radical (unpaired) electrons. The molecule has 0 fully saturated rings. The van der Waals surface area contributed by atoms with Crippen LogP contribution in [-0.2, 0) is 13.1 Å². The van der Waals surface area contributed by atoms with E-state index in [0.29, 0.717) is 0 Å². The molecule has 3 heteroatoms. The van der Waals surface area contributed by atoms with Crippen molar-refractivity contribution in [1.29, 1.82) is 0 Å². The number of fused-ring (bicyclic) bond motifs is 1. The lowest BCUT2D eigenvalue weighted by Gasteiger charge is -2.18. The average molecular weight is 378 g/mol. The molecule has 0 heterocycles. The molecule has 0 aliphatic heterocycles. The third-order valence-corrected chi connectivity index (χ3v) is 4.83. The zero-order valence-electron chi connectivity index (χ0n) is 17.4. The van der Waals surface area contributed by atoms with Crippen LogP contribution in [0.1, 0.15) is 45.2 Å². The monoisotopic (exact) mass is 377 g/mol. The van der Waals surface area contributed by atoms with Crippen LogP contribution in [0.15, 0.2) is 60.7 Å². The van der Waals surface area contributed by atoms with Gasteiger partial charge in [0.05, 0.1) is 12.2 Å². The average Bonchev–Trinajstić information content (AvgIpc) is 2.70. The van der Waals surface area contributed by atoms with Gasteiger partial charge in [-0.1, -0.05) is 49.4 Å². The minimum Gasteiger partial charge on any atom is -0.491 e. The first-order valence-electron chi connectivity index (χ1n) is 10.2. The van der Waals surface area contributed by atoms with Crippen molar-refractivity contribution in [3.05, 3.63) is 71.8 Å². The molecule has 3 rings (SSSR count). The van der Waals surface area contributed by atoms with Gasteiger partial charge in [0, 0.05) is 18.7 Å². The quantitative estimate of drug-likeness (QED) is 0.489. The van der Waals surface area contributed by atoms with E-state index in [-0.39, 0.29) is 12.2 Å². The second kappa shape index (κ2) is 9.61. The van der Waals surface area contributed by atoms with Gasteiger partial charge in [0.2, 0.25) is 0 Å². The van der Waals surface area contributed by atoms with Gasteiger partial charge in [-0.05, 0) is 61.7 Å². The van der Waals surface area contributed by atoms with Crippen LogP contribution in [0, 0.1) is 0 Å². The Morgan fingerprint density at radius 2 is 1.57 bits per heavy atom. The Bertz CT molecular complexity index is 887. The van der Waals surface area contributed by atoms with Crippen LogP contribution in [0.2, 0.25) is 0 Å². The van der Waals surface area contributed by atoms with Crippen LogP contribution in [0.4, 0.5) is 0 Å². The fourth-order valence-electron chi connectivity index (χ4n) is 3.20. The van der Waals surface area contributed by atoms with E-state index in [9.17, 15) is 0 Å². The molecule has 1 atom stereocenters. The van der Waals surface area contributed by atoms with E-state index in [2.05, 4.69) is 67.7 Å². The van der Waals surface area contributed by atoms with E-state index in [1.807, 2.05) is 26.0 Å². The molecule has 1 unspecified atom stereocenters. The summed E-state index contributed by atoms with van der Waals surface area (Å²) in [7, 11) is 0. The Hall–Kier alpha value is -2.52. The molecule has 3 aromatic carbocycles. The summed E-state index contributed by atoms with van der Waals surface area (Å²) in [5.74, 6) is 1.89. The zero-order valence-corrected chi connectivity index (χ0v) is 17.4. The molecular weight excluding hydrogens is 346 g/mol. The van der Waals surface area contributed by atoms with E-state index in [1.165, 1.54) is 21.9 Å². The second-order valence-corrected chi connectivity index (χ2v) is 7.51. The maximum absolute atomic E-state index is 6.20. The van der Waals surface area contributed by atoms with E-state index in [4.69, 9.17) is 9.47 Å². The van der Waals surface area contributed by atoms with Crippen molar-refractivity contribution >= 4 is 10.8 Å². The third kappa shape index (κ3) is 5.26. The molecular formula is C25H31NO2. The van der Waals surface area contributed by atoms with Crippen molar-refractivity contribution in [3.8, 4) is 11.5 Å². The fourth-order valence-corrected chi connectivity index (χ4v) is 3.20. The van der Waals surface area contributed by atoms with E-state index < -0.39 is 0 Å². The predicted octanol–water partition coefficient (Wildman–Crippen LogP) is 6.09. The van der Waals surface area contributed by atoms with Gasteiger partial charge in [-0.25, -0.2) is 0 Å². The summed E-state index contributed by atoms with van der Waals surface area (Å²) < 4.78 is 11.9. The second-order valence-electron chi connectivity index (χ2n) is 7.51. The van der Waals surface area contributed by atoms with Gasteiger partial charge >= 0.3 is 0 Å². The maximum atomic E-state index is 6.20. The lowest BCUT2D eigenvalue weighted by molar-refractivity contribution is 0.215. The normalized spacial score (nSPS) is 12.3. The largest absolute Gasteiger partial charge is 0.491 e. The number of benzene rings is 3. The number of ether oxygens (including phenoxy) is 2. The van der Waals surface area contributed by atoms with E-state index in [1.54, 1.807) is 0 Å². The van der Waals surface area contributed by atoms with Crippen molar-refractivity contribution in [1.82, 2.24) is 5.32 Å². The molecule has 0 aromatic heterocycles. The number of nitrogens with one attached hydrogen (secondary N) is 1. The van der Waals surface area contributed by atoms with Crippen LogP contribution in [-0.4, -0.2) is 12.2 Å². The highest BCUT2D eigenvalue weighted by Gasteiger charge is 2.11. The smallest absolute Gasteiger partial charge is 0.124 e. The molecule has 0 bridgehead atoms. The molecule has 28 heavy (non-hydrogen) atoms. The minimum absolute atomic E-state index is 0.194. The highest BCUT2D eigenvalue weighted by Crippen LogP contribution is 2.29. The van der Waals surface area contributed by atoms with Crippen LogP contribution in [0.25, 0.3) is 10.8 Å². The van der Waals surface area contributed by atoms with Crippen molar-refractivity contribution in [2.75, 3.05) is 0 Å². The topological polar surface area (TPSA) is 30.5 Å². The first-order valence-corrected chi connectivity index (χ1v) is 10.2. The maximum Gasteiger partial charge on any atom is 0.124 e. The molecule has 1 N–H and O–H groups in total. The summed E-state index contributed by atoms with van der Waals surface area (Å²) in [6, 6.07) is 21.0. The Morgan fingerprint density at radius 3 is 2.29 bits per heavy atom. The lowest BCUT2D eigenvalue weighted by atomic mass is 10.0. The first-order chi connectivity index (χ1) is 13.6. The lowest BCUT2D eigenvalue weighted by Crippen LogP contribution is -2.16.